The van der Waals surface area contributed by atoms with Crippen LogP contribution in [0.5, 0.6) is 11.5 Å². The summed E-state index contributed by atoms with van der Waals surface area (Å²) in [6, 6.07) is 17.0. The van der Waals surface area contributed by atoms with Gasteiger partial charge in [0.15, 0.2) is 11.5 Å². The lowest BCUT2D eigenvalue weighted by molar-refractivity contribution is 0.269. The van der Waals surface area contributed by atoms with E-state index >= 15 is 0 Å². The van der Waals surface area contributed by atoms with E-state index in [9.17, 15) is 0 Å². The van der Waals surface area contributed by atoms with E-state index in [-0.39, 0.29) is 0 Å². The van der Waals surface area contributed by atoms with E-state index in [4.69, 9.17) is 44.3 Å². The second-order valence-corrected chi connectivity index (χ2v) is 8.36. The Labute approximate surface area is 194 Å². The van der Waals surface area contributed by atoms with Crippen molar-refractivity contribution in [3.63, 3.8) is 0 Å². The maximum atomic E-state index is 6.50. The summed E-state index contributed by atoms with van der Waals surface area (Å²) in [7, 11) is 0. The molecule has 0 saturated carbocycles. The number of halogens is 4. The molecule has 0 atom stereocenters. The second kappa shape index (κ2) is 10.4. The smallest absolute Gasteiger partial charge is 0.163 e. The van der Waals surface area contributed by atoms with Gasteiger partial charge in [0.05, 0.1) is 16.7 Å². The van der Waals surface area contributed by atoms with Gasteiger partial charge in [0, 0.05) is 27.8 Å². The standard InChI is InChI=1S/C22H19BrCl3NO2/c1-2-28-21-10-15(12-27-17-6-4-16(23)5-7-17)19(25)11-22(21)29-13-14-3-8-18(24)20(26)9-14/h3-11,27H,2,12-13H2,1H3. The van der Waals surface area contributed by atoms with Gasteiger partial charge >= 0.3 is 0 Å². The Morgan fingerprint density at radius 2 is 1.55 bits per heavy atom. The van der Waals surface area contributed by atoms with Crippen molar-refractivity contribution >= 4 is 56.4 Å². The second-order valence-electron chi connectivity index (χ2n) is 6.22. The van der Waals surface area contributed by atoms with Gasteiger partial charge in [-0.05, 0) is 60.5 Å². The molecule has 0 unspecified atom stereocenters. The Morgan fingerprint density at radius 1 is 0.828 bits per heavy atom. The maximum Gasteiger partial charge on any atom is 0.163 e. The van der Waals surface area contributed by atoms with Crippen LogP contribution in [0, 0.1) is 0 Å². The molecule has 0 spiro atoms. The first kappa shape index (κ1) is 22.1. The zero-order valence-corrected chi connectivity index (χ0v) is 19.5. The number of rotatable bonds is 8. The normalized spacial score (nSPS) is 10.7. The molecule has 0 aliphatic rings. The molecule has 0 heterocycles. The summed E-state index contributed by atoms with van der Waals surface area (Å²) in [5.41, 5.74) is 2.82. The van der Waals surface area contributed by atoms with E-state index in [1.54, 1.807) is 18.2 Å². The number of benzene rings is 3. The molecule has 0 fully saturated rings. The minimum atomic E-state index is 0.323. The number of hydrogen-bond donors (Lipinski definition) is 1. The summed E-state index contributed by atoms with van der Waals surface area (Å²) in [5.74, 6) is 1.22. The molecular weight excluding hydrogens is 497 g/mol. The van der Waals surface area contributed by atoms with Crippen LogP contribution >= 0.6 is 50.7 Å². The predicted octanol–water partition coefficient (Wildman–Crippen LogP) is 8.00. The third-order valence-electron chi connectivity index (χ3n) is 4.12. The van der Waals surface area contributed by atoms with Gasteiger partial charge in [-0.3, -0.25) is 0 Å². The molecule has 3 rings (SSSR count). The Balaban J connectivity index is 1.74. The molecule has 3 aromatic carbocycles. The first-order valence-corrected chi connectivity index (χ1v) is 10.9. The van der Waals surface area contributed by atoms with E-state index in [1.165, 1.54) is 0 Å². The number of nitrogens with one attached hydrogen (secondary N) is 1. The number of anilines is 1. The van der Waals surface area contributed by atoms with Crippen molar-refractivity contribution in [3.05, 3.63) is 85.3 Å². The molecule has 152 valence electrons. The van der Waals surface area contributed by atoms with Crippen LogP contribution in [0.1, 0.15) is 18.1 Å². The first-order valence-electron chi connectivity index (χ1n) is 8.97. The van der Waals surface area contributed by atoms with Gasteiger partial charge in [-0.25, -0.2) is 0 Å². The molecule has 0 radical (unpaired) electrons. The Hall–Kier alpha value is -1.59. The molecule has 3 aromatic rings. The molecule has 0 aromatic heterocycles. The molecule has 0 aliphatic carbocycles. The molecule has 0 amide bonds. The molecule has 0 aliphatic heterocycles. The summed E-state index contributed by atoms with van der Waals surface area (Å²) < 4.78 is 12.7. The lowest BCUT2D eigenvalue weighted by Gasteiger charge is -2.16. The van der Waals surface area contributed by atoms with Crippen LogP contribution in [0.25, 0.3) is 0 Å². The van der Waals surface area contributed by atoms with Crippen molar-refractivity contribution in [2.45, 2.75) is 20.1 Å². The van der Waals surface area contributed by atoms with Crippen molar-refractivity contribution in [2.75, 3.05) is 11.9 Å². The van der Waals surface area contributed by atoms with Crippen molar-refractivity contribution in [2.24, 2.45) is 0 Å². The van der Waals surface area contributed by atoms with Crippen LogP contribution in [0.4, 0.5) is 5.69 Å². The molecule has 0 bridgehead atoms. The molecule has 29 heavy (non-hydrogen) atoms. The highest BCUT2D eigenvalue weighted by molar-refractivity contribution is 9.10. The maximum absolute atomic E-state index is 6.50. The topological polar surface area (TPSA) is 30.5 Å². The number of hydrogen-bond acceptors (Lipinski definition) is 3. The van der Waals surface area contributed by atoms with Gasteiger partial charge in [0.1, 0.15) is 6.61 Å². The van der Waals surface area contributed by atoms with Gasteiger partial charge in [-0.15, -0.1) is 0 Å². The minimum Gasteiger partial charge on any atom is -0.490 e. The molecule has 3 nitrogen and oxygen atoms in total. The van der Waals surface area contributed by atoms with Gasteiger partial charge < -0.3 is 14.8 Å². The predicted molar refractivity (Wildman–Crippen MR) is 125 cm³/mol. The largest absolute Gasteiger partial charge is 0.490 e. The van der Waals surface area contributed by atoms with Crippen LogP contribution in [-0.4, -0.2) is 6.61 Å². The Morgan fingerprint density at radius 3 is 2.24 bits per heavy atom. The van der Waals surface area contributed by atoms with E-state index < -0.39 is 0 Å². The highest BCUT2D eigenvalue weighted by atomic mass is 79.9. The van der Waals surface area contributed by atoms with Crippen LogP contribution < -0.4 is 14.8 Å². The summed E-state index contributed by atoms with van der Waals surface area (Å²) in [5, 5.41) is 4.96. The fourth-order valence-corrected chi connectivity index (χ4v) is 3.45. The lowest BCUT2D eigenvalue weighted by Crippen LogP contribution is -2.04. The highest BCUT2D eigenvalue weighted by Gasteiger charge is 2.12. The number of ether oxygens (including phenoxy) is 2. The average Bonchev–Trinajstić information content (AvgIpc) is 2.70. The van der Waals surface area contributed by atoms with E-state index in [2.05, 4.69) is 21.2 Å². The molecule has 1 N–H and O–H groups in total. The van der Waals surface area contributed by atoms with Crippen molar-refractivity contribution in [1.82, 2.24) is 0 Å². The van der Waals surface area contributed by atoms with Gasteiger partial charge in [-0.2, -0.15) is 0 Å². The monoisotopic (exact) mass is 513 g/mol. The van der Waals surface area contributed by atoms with Crippen molar-refractivity contribution < 1.29 is 9.47 Å². The van der Waals surface area contributed by atoms with Crippen LogP contribution in [0.2, 0.25) is 15.1 Å². The SMILES string of the molecule is CCOc1cc(CNc2ccc(Br)cc2)c(Cl)cc1OCc1ccc(Cl)c(Cl)c1. The van der Waals surface area contributed by atoms with E-state index in [0.717, 1.165) is 21.3 Å². The molecule has 7 heteroatoms. The third kappa shape index (κ3) is 6.19. The Bertz CT molecular complexity index is 981. The minimum absolute atomic E-state index is 0.323. The molecule has 0 saturated heterocycles. The zero-order valence-electron chi connectivity index (χ0n) is 15.6. The third-order valence-corrected chi connectivity index (χ3v) is 5.74. The Kier molecular flexibility index (Phi) is 7.96. The fraction of sp³-hybridized carbons (Fsp3) is 0.182. The van der Waals surface area contributed by atoms with E-state index in [1.807, 2.05) is 43.3 Å². The zero-order chi connectivity index (χ0) is 20.8. The summed E-state index contributed by atoms with van der Waals surface area (Å²) >= 11 is 22.0. The lowest BCUT2D eigenvalue weighted by atomic mass is 10.2. The summed E-state index contributed by atoms with van der Waals surface area (Å²) in [6.07, 6.45) is 0. The summed E-state index contributed by atoms with van der Waals surface area (Å²) in [6.45, 7) is 3.33. The van der Waals surface area contributed by atoms with Crippen molar-refractivity contribution in [1.29, 1.82) is 0 Å². The summed E-state index contributed by atoms with van der Waals surface area (Å²) in [4.78, 5) is 0. The highest BCUT2D eigenvalue weighted by Crippen LogP contribution is 2.35. The van der Waals surface area contributed by atoms with Crippen LogP contribution in [0.15, 0.2) is 59.1 Å². The van der Waals surface area contributed by atoms with Gasteiger partial charge in [0.2, 0.25) is 0 Å². The van der Waals surface area contributed by atoms with E-state index in [0.29, 0.717) is 46.3 Å². The fourth-order valence-electron chi connectivity index (χ4n) is 2.65. The quantitative estimate of drug-likeness (QED) is 0.330. The average molecular weight is 516 g/mol. The van der Waals surface area contributed by atoms with Crippen LogP contribution in [-0.2, 0) is 13.2 Å². The van der Waals surface area contributed by atoms with Gasteiger partial charge in [-0.1, -0.05) is 56.8 Å². The first-order chi connectivity index (χ1) is 14.0. The van der Waals surface area contributed by atoms with Crippen molar-refractivity contribution in [3.8, 4) is 11.5 Å². The van der Waals surface area contributed by atoms with Crippen LogP contribution in [0.3, 0.4) is 0 Å². The molecular formula is C22H19BrCl3NO2. The van der Waals surface area contributed by atoms with Gasteiger partial charge in [0.25, 0.3) is 0 Å².